The molecule has 3 aromatic carbocycles. The third kappa shape index (κ3) is 5.36. The van der Waals surface area contributed by atoms with Gasteiger partial charge >= 0.3 is 0 Å². The lowest BCUT2D eigenvalue weighted by Gasteiger charge is -2.15. The topological polar surface area (TPSA) is 38.8 Å². The number of amides is 1. The van der Waals surface area contributed by atoms with Crippen LogP contribution in [0.25, 0.3) is 6.08 Å². The highest BCUT2D eigenvalue weighted by atomic mass is 35.5. The van der Waals surface area contributed by atoms with Crippen molar-refractivity contribution in [2.75, 3.05) is 12.0 Å². The minimum Gasteiger partial charge on any atom is -0.493 e. The van der Waals surface area contributed by atoms with Gasteiger partial charge in [-0.25, -0.2) is 0 Å². The molecule has 168 valence electrons. The first kappa shape index (κ1) is 23.6. The fourth-order valence-electron chi connectivity index (χ4n) is 3.20. The van der Waals surface area contributed by atoms with Crippen molar-refractivity contribution >= 4 is 69.2 Å². The van der Waals surface area contributed by atoms with Crippen LogP contribution in [-0.2, 0) is 11.4 Å². The number of hydrogen-bond acceptors (Lipinski definition) is 5. The average Bonchev–Trinajstić information content (AvgIpc) is 3.08. The Morgan fingerprint density at radius 3 is 2.45 bits per heavy atom. The minimum atomic E-state index is -0.220. The number of aryl methyl sites for hydroxylation is 1. The maximum atomic E-state index is 13.0. The first-order valence-electron chi connectivity index (χ1n) is 9.95. The number of nitrogens with zero attached hydrogens (tertiary/aromatic N) is 1. The molecule has 1 saturated heterocycles. The normalized spacial score (nSPS) is 14.8. The van der Waals surface area contributed by atoms with Crippen molar-refractivity contribution in [2.24, 2.45) is 0 Å². The molecule has 3 aromatic rings. The van der Waals surface area contributed by atoms with Gasteiger partial charge in [0.05, 0.1) is 27.7 Å². The molecule has 0 atom stereocenters. The maximum Gasteiger partial charge on any atom is 0.270 e. The second-order valence-electron chi connectivity index (χ2n) is 7.30. The molecule has 1 heterocycles. The molecule has 8 heteroatoms. The molecule has 1 fully saturated rings. The van der Waals surface area contributed by atoms with Crippen LogP contribution >= 0.6 is 47.2 Å². The summed E-state index contributed by atoms with van der Waals surface area (Å²) in [4.78, 5) is 15.0. The van der Waals surface area contributed by atoms with Gasteiger partial charge in [-0.15, -0.1) is 0 Å². The molecule has 4 rings (SSSR count). The second kappa shape index (κ2) is 10.2. The first-order chi connectivity index (χ1) is 15.9. The van der Waals surface area contributed by atoms with Gasteiger partial charge in [0, 0.05) is 0 Å². The zero-order chi connectivity index (χ0) is 23.5. The number of thiocarbonyl (C=S) groups is 1. The Hall–Kier alpha value is -2.51. The molecule has 0 radical (unpaired) electrons. The lowest BCUT2D eigenvalue weighted by Crippen LogP contribution is -2.27. The number of ether oxygens (including phenoxy) is 2. The highest BCUT2D eigenvalue weighted by Crippen LogP contribution is 2.39. The molecule has 0 bridgehead atoms. The summed E-state index contributed by atoms with van der Waals surface area (Å²) >= 11 is 18.8. The maximum absolute atomic E-state index is 13.0. The Bertz CT molecular complexity index is 1260. The lowest BCUT2D eigenvalue weighted by molar-refractivity contribution is -0.113. The van der Waals surface area contributed by atoms with E-state index in [2.05, 4.69) is 0 Å². The van der Waals surface area contributed by atoms with E-state index in [1.807, 2.05) is 49.4 Å². The van der Waals surface area contributed by atoms with E-state index >= 15 is 0 Å². The molecule has 0 spiro atoms. The van der Waals surface area contributed by atoms with Crippen molar-refractivity contribution in [3.8, 4) is 11.5 Å². The molecule has 0 N–H and O–H groups in total. The molecular formula is C25H19Cl2NO3S2. The van der Waals surface area contributed by atoms with E-state index in [0.29, 0.717) is 43.1 Å². The van der Waals surface area contributed by atoms with E-state index in [0.717, 1.165) is 11.1 Å². The summed E-state index contributed by atoms with van der Waals surface area (Å²) < 4.78 is 11.9. The monoisotopic (exact) mass is 515 g/mol. The summed E-state index contributed by atoms with van der Waals surface area (Å²) in [6.45, 7) is 2.48. The van der Waals surface area contributed by atoms with Gasteiger partial charge in [0.25, 0.3) is 5.91 Å². The van der Waals surface area contributed by atoms with Gasteiger partial charge < -0.3 is 9.47 Å². The number of thioether (sulfide) groups is 1. The lowest BCUT2D eigenvalue weighted by atomic mass is 10.1. The first-order valence-corrected chi connectivity index (χ1v) is 11.9. The van der Waals surface area contributed by atoms with Crippen LogP contribution in [0, 0.1) is 6.92 Å². The Morgan fingerprint density at radius 2 is 1.76 bits per heavy atom. The largest absolute Gasteiger partial charge is 0.493 e. The van der Waals surface area contributed by atoms with Crippen molar-refractivity contribution in [3.63, 3.8) is 0 Å². The van der Waals surface area contributed by atoms with Crippen LogP contribution in [0.4, 0.5) is 5.69 Å². The molecule has 0 aliphatic carbocycles. The third-order valence-electron chi connectivity index (χ3n) is 4.96. The number of halogens is 2. The number of hydrogen-bond donors (Lipinski definition) is 0. The number of methoxy groups -OCH3 is 1. The van der Waals surface area contributed by atoms with Gasteiger partial charge in [0.15, 0.2) is 15.8 Å². The Kier molecular flexibility index (Phi) is 7.29. The average molecular weight is 516 g/mol. The van der Waals surface area contributed by atoms with Crippen LogP contribution in [0.15, 0.2) is 65.6 Å². The molecule has 1 aliphatic rings. The number of carbonyl (C=O) groups excluding carboxylic acids is 1. The van der Waals surface area contributed by atoms with Crippen LogP contribution in [0.2, 0.25) is 10.0 Å². The zero-order valence-corrected chi connectivity index (χ0v) is 20.9. The molecule has 1 amide bonds. The predicted molar refractivity (Wildman–Crippen MR) is 141 cm³/mol. The van der Waals surface area contributed by atoms with E-state index in [4.69, 9.17) is 44.9 Å². The molecule has 1 aliphatic heterocycles. The number of benzene rings is 3. The summed E-state index contributed by atoms with van der Waals surface area (Å²) in [5.41, 5.74) is 3.64. The van der Waals surface area contributed by atoms with E-state index in [1.54, 1.807) is 31.4 Å². The Labute approximate surface area is 212 Å². The van der Waals surface area contributed by atoms with Crippen LogP contribution in [0.3, 0.4) is 0 Å². The molecular weight excluding hydrogens is 497 g/mol. The SMILES string of the molecule is COc1cc(/C=C2\SC(=S)N(c3ccc(Cl)c(Cl)c3)C2=O)ccc1OCc1ccc(C)cc1. The van der Waals surface area contributed by atoms with Crippen molar-refractivity contribution < 1.29 is 14.3 Å². The molecule has 33 heavy (non-hydrogen) atoms. The Balaban J connectivity index is 1.53. The van der Waals surface area contributed by atoms with Gasteiger partial charge in [-0.05, 0) is 54.5 Å². The fraction of sp³-hybridized carbons (Fsp3) is 0.120. The number of anilines is 1. The van der Waals surface area contributed by atoms with Crippen LogP contribution in [0.1, 0.15) is 16.7 Å². The number of carbonyl (C=O) groups is 1. The van der Waals surface area contributed by atoms with Gasteiger partial charge in [-0.1, -0.05) is 83.1 Å². The molecule has 0 aromatic heterocycles. The predicted octanol–water partition coefficient (Wildman–Crippen LogP) is 7.30. The van der Waals surface area contributed by atoms with E-state index in [-0.39, 0.29) is 5.91 Å². The van der Waals surface area contributed by atoms with Gasteiger partial charge in [-0.3, -0.25) is 9.69 Å². The van der Waals surface area contributed by atoms with Crippen LogP contribution in [-0.4, -0.2) is 17.3 Å². The Morgan fingerprint density at radius 1 is 1.00 bits per heavy atom. The van der Waals surface area contributed by atoms with Crippen molar-refractivity contribution in [2.45, 2.75) is 13.5 Å². The highest BCUT2D eigenvalue weighted by Gasteiger charge is 2.33. The van der Waals surface area contributed by atoms with E-state index < -0.39 is 0 Å². The van der Waals surface area contributed by atoms with Gasteiger partial charge in [0.1, 0.15) is 6.61 Å². The summed E-state index contributed by atoms with van der Waals surface area (Å²) in [6, 6.07) is 18.7. The fourth-order valence-corrected chi connectivity index (χ4v) is 4.80. The molecule has 0 unspecified atom stereocenters. The van der Waals surface area contributed by atoms with E-state index in [1.165, 1.54) is 22.2 Å². The second-order valence-corrected chi connectivity index (χ2v) is 9.79. The van der Waals surface area contributed by atoms with Crippen molar-refractivity contribution in [3.05, 3.63) is 92.3 Å². The summed E-state index contributed by atoms with van der Waals surface area (Å²) in [7, 11) is 1.58. The number of rotatable bonds is 6. The highest BCUT2D eigenvalue weighted by molar-refractivity contribution is 8.27. The van der Waals surface area contributed by atoms with Gasteiger partial charge in [-0.2, -0.15) is 0 Å². The van der Waals surface area contributed by atoms with Crippen LogP contribution < -0.4 is 14.4 Å². The van der Waals surface area contributed by atoms with E-state index in [9.17, 15) is 4.79 Å². The molecule has 0 saturated carbocycles. The summed E-state index contributed by atoms with van der Waals surface area (Å²) in [5, 5.41) is 0.774. The summed E-state index contributed by atoms with van der Waals surface area (Å²) in [5.74, 6) is 0.983. The molecule has 4 nitrogen and oxygen atoms in total. The standard InChI is InChI=1S/C25H19Cl2NO3S2/c1-15-3-5-16(6-4-15)14-31-21-10-7-17(11-22(21)30-2)12-23-24(29)28(25(32)33-23)18-8-9-19(26)20(27)13-18/h3-13H,14H2,1-2H3/b23-12-. The van der Waals surface area contributed by atoms with Crippen LogP contribution in [0.5, 0.6) is 11.5 Å². The quantitative estimate of drug-likeness (QED) is 0.254. The van der Waals surface area contributed by atoms with Crippen molar-refractivity contribution in [1.82, 2.24) is 0 Å². The summed E-state index contributed by atoms with van der Waals surface area (Å²) in [6.07, 6.45) is 1.78. The third-order valence-corrected chi connectivity index (χ3v) is 7.00. The van der Waals surface area contributed by atoms with Crippen molar-refractivity contribution in [1.29, 1.82) is 0 Å². The van der Waals surface area contributed by atoms with Gasteiger partial charge in [0.2, 0.25) is 0 Å². The smallest absolute Gasteiger partial charge is 0.270 e. The minimum absolute atomic E-state index is 0.220. The zero-order valence-electron chi connectivity index (χ0n) is 17.8.